The van der Waals surface area contributed by atoms with Crippen LogP contribution in [0.2, 0.25) is 0 Å². The predicted octanol–water partition coefficient (Wildman–Crippen LogP) is 3.14. The van der Waals surface area contributed by atoms with E-state index in [-0.39, 0.29) is 6.61 Å². The molecule has 1 N–H and O–H groups in total. The van der Waals surface area contributed by atoms with Crippen molar-refractivity contribution < 1.29 is 9.13 Å². The molecule has 5 heteroatoms. The van der Waals surface area contributed by atoms with E-state index in [1.807, 2.05) is 18.2 Å². The molecule has 2 heterocycles. The highest BCUT2D eigenvalue weighted by Crippen LogP contribution is 2.31. The van der Waals surface area contributed by atoms with Crippen molar-refractivity contribution in [1.82, 2.24) is 10.3 Å². The van der Waals surface area contributed by atoms with E-state index < -0.39 is 5.82 Å². The molecule has 23 heavy (non-hydrogen) atoms. The van der Waals surface area contributed by atoms with Gasteiger partial charge in [-0.3, -0.25) is 4.98 Å². The number of nitriles is 1. The van der Waals surface area contributed by atoms with Crippen molar-refractivity contribution >= 4 is 0 Å². The van der Waals surface area contributed by atoms with E-state index in [0.717, 1.165) is 31.6 Å². The first-order chi connectivity index (χ1) is 11.3. The van der Waals surface area contributed by atoms with Crippen LogP contribution in [0.5, 0.6) is 5.75 Å². The lowest BCUT2D eigenvalue weighted by molar-refractivity contribution is 0.289. The summed E-state index contributed by atoms with van der Waals surface area (Å²) in [6, 6.07) is 10.1. The van der Waals surface area contributed by atoms with Crippen molar-refractivity contribution in [3.8, 4) is 11.8 Å². The normalized spacial score (nSPS) is 15.1. The molecule has 118 valence electrons. The molecule has 0 spiro atoms. The highest BCUT2D eigenvalue weighted by atomic mass is 19.1. The van der Waals surface area contributed by atoms with E-state index in [1.54, 1.807) is 18.3 Å². The first-order valence-electron chi connectivity index (χ1n) is 7.75. The second-order valence-electron chi connectivity index (χ2n) is 5.62. The Hall–Kier alpha value is -2.45. The lowest BCUT2D eigenvalue weighted by Gasteiger charge is -2.23. The van der Waals surface area contributed by atoms with Crippen LogP contribution >= 0.6 is 0 Å². The average molecular weight is 311 g/mol. The summed E-state index contributed by atoms with van der Waals surface area (Å²) in [5.74, 6) is 0.665. The third kappa shape index (κ3) is 3.66. The van der Waals surface area contributed by atoms with Gasteiger partial charge in [-0.25, -0.2) is 4.39 Å². The van der Waals surface area contributed by atoms with E-state index >= 15 is 0 Å². The molecule has 0 saturated carbocycles. The molecule has 0 radical (unpaired) electrons. The van der Waals surface area contributed by atoms with E-state index in [9.17, 15) is 4.39 Å². The molecule has 0 unspecified atom stereocenters. The van der Waals surface area contributed by atoms with Gasteiger partial charge in [0.25, 0.3) is 0 Å². The van der Waals surface area contributed by atoms with Crippen LogP contribution in [0.15, 0.2) is 36.5 Å². The number of aromatic nitrogens is 1. The number of pyridine rings is 1. The van der Waals surface area contributed by atoms with Crippen molar-refractivity contribution in [2.45, 2.75) is 25.4 Å². The van der Waals surface area contributed by atoms with Gasteiger partial charge in [0.15, 0.2) is 0 Å². The van der Waals surface area contributed by atoms with Gasteiger partial charge in [0.1, 0.15) is 18.2 Å². The van der Waals surface area contributed by atoms with Gasteiger partial charge in [-0.2, -0.15) is 5.26 Å². The Morgan fingerprint density at radius 3 is 2.87 bits per heavy atom. The van der Waals surface area contributed by atoms with Gasteiger partial charge in [-0.15, -0.1) is 0 Å². The predicted molar refractivity (Wildman–Crippen MR) is 84.5 cm³/mol. The Bertz CT molecular complexity index is 720. The van der Waals surface area contributed by atoms with Crippen LogP contribution in [-0.2, 0) is 6.61 Å². The minimum Gasteiger partial charge on any atom is -0.487 e. The van der Waals surface area contributed by atoms with E-state index in [4.69, 9.17) is 10.00 Å². The highest BCUT2D eigenvalue weighted by molar-refractivity contribution is 5.34. The van der Waals surface area contributed by atoms with E-state index in [2.05, 4.69) is 10.3 Å². The number of ether oxygens (including phenoxy) is 1. The Kier molecular flexibility index (Phi) is 4.84. The van der Waals surface area contributed by atoms with E-state index in [0.29, 0.717) is 22.8 Å². The van der Waals surface area contributed by atoms with Gasteiger partial charge in [0, 0.05) is 17.7 Å². The summed E-state index contributed by atoms with van der Waals surface area (Å²) in [5.41, 5.74) is 1.69. The van der Waals surface area contributed by atoms with Crippen molar-refractivity contribution in [1.29, 1.82) is 5.26 Å². The summed E-state index contributed by atoms with van der Waals surface area (Å²) in [7, 11) is 0. The summed E-state index contributed by atoms with van der Waals surface area (Å²) < 4.78 is 19.8. The van der Waals surface area contributed by atoms with Crippen LogP contribution in [0.3, 0.4) is 0 Å². The van der Waals surface area contributed by atoms with Crippen LogP contribution in [0.4, 0.5) is 4.39 Å². The van der Waals surface area contributed by atoms with Crippen LogP contribution in [-0.4, -0.2) is 18.1 Å². The molecule has 0 amide bonds. The molecule has 0 aliphatic carbocycles. The van der Waals surface area contributed by atoms with Crippen molar-refractivity contribution in [3.05, 3.63) is 59.2 Å². The van der Waals surface area contributed by atoms with Gasteiger partial charge in [-0.1, -0.05) is 6.07 Å². The fourth-order valence-electron chi connectivity index (χ4n) is 2.82. The molecule has 0 bridgehead atoms. The summed E-state index contributed by atoms with van der Waals surface area (Å²) in [6.45, 7) is 2.08. The van der Waals surface area contributed by atoms with Gasteiger partial charge in [0.05, 0.1) is 17.3 Å². The van der Waals surface area contributed by atoms with Crippen molar-refractivity contribution in [3.63, 3.8) is 0 Å². The number of hydrogen-bond donors (Lipinski definition) is 1. The Labute approximate surface area is 134 Å². The maximum absolute atomic E-state index is 13.9. The second-order valence-corrected chi connectivity index (χ2v) is 5.62. The number of hydrogen-bond acceptors (Lipinski definition) is 4. The molecule has 1 aliphatic heterocycles. The molecular weight excluding hydrogens is 293 g/mol. The largest absolute Gasteiger partial charge is 0.487 e. The molecule has 1 fully saturated rings. The average Bonchev–Trinajstić information content (AvgIpc) is 2.61. The molecule has 3 rings (SSSR count). The lowest BCUT2D eigenvalue weighted by atomic mass is 9.93. The number of nitrogens with one attached hydrogen (secondary N) is 1. The fraction of sp³-hybridized carbons (Fsp3) is 0.333. The standard InChI is InChI=1S/C18H18FN3O/c19-16-10-13(11-20)3-4-15(16)12-23-17-2-1-7-22-18(17)14-5-8-21-9-6-14/h1-4,7,10,14,21H,5-6,8-9,12H2. The minimum atomic E-state index is -0.420. The van der Waals surface area contributed by atoms with Gasteiger partial charge in [0.2, 0.25) is 0 Å². The third-order valence-electron chi connectivity index (χ3n) is 4.09. The van der Waals surface area contributed by atoms with E-state index in [1.165, 1.54) is 6.07 Å². The molecule has 0 atom stereocenters. The van der Waals surface area contributed by atoms with Crippen molar-refractivity contribution in [2.75, 3.05) is 13.1 Å². The topological polar surface area (TPSA) is 57.9 Å². The molecule has 1 aromatic heterocycles. The zero-order valence-electron chi connectivity index (χ0n) is 12.8. The summed E-state index contributed by atoms with van der Waals surface area (Å²) in [5, 5.41) is 12.1. The van der Waals surface area contributed by atoms with Gasteiger partial charge < -0.3 is 10.1 Å². The zero-order valence-corrected chi connectivity index (χ0v) is 12.8. The Morgan fingerprint density at radius 2 is 2.13 bits per heavy atom. The number of rotatable bonds is 4. The molecule has 2 aromatic rings. The maximum atomic E-state index is 13.9. The minimum absolute atomic E-state index is 0.126. The number of benzene rings is 1. The monoisotopic (exact) mass is 311 g/mol. The molecule has 1 aromatic carbocycles. The second kappa shape index (κ2) is 7.21. The summed E-state index contributed by atoms with van der Waals surface area (Å²) in [4.78, 5) is 4.47. The quantitative estimate of drug-likeness (QED) is 0.942. The first-order valence-corrected chi connectivity index (χ1v) is 7.75. The Balaban J connectivity index is 1.74. The van der Waals surface area contributed by atoms with Crippen LogP contribution in [0.1, 0.15) is 35.6 Å². The summed E-state index contributed by atoms with van der Waals surface area (Å²) in [6.07, 6.45) is 3.82. The molecular formula is C18H18FN3O. The molecule has 1 aliphatic rings. The zero-order chi connectivity index (χ0) is 16.1. The number of piperidine rings is 1. The molecule has 1 saturated heterocycles. The SMILES string of the molecule is N#Cc1ccc(COc2cccnc2C2CCNCC2)c(F)c1. The number of nitrogens with zero attached hydrogens (tertiary/aromatic N) is 2. The highest BCUT2D eigenvalue weighted by Gasteiger charge is 2.20. The lowest BCUT2D eigenvalue weighted by Crippen LogP contribution is -2.27. The Morgan fingerprint density at radius 1 is 1.30 bits per heavy atom. The first kappa shape index (κ1) is 15.4. The van der Waals surface area contributed by atoms with Crippen LogP contribution in [0.25, 0.3) is 0 Å². The smallest absolute Gasteiger partial charge is 0.141 e. The fourth-order valence-corrected chi connectivity index (χ4v) is 2.82. The summed E-state index contributed by atoms with van der Waals surface area (Å²) >= 11 is 0. The van der Waals surface area contributed by atoms with Gasteiger partial charge >= 0.3 is 0 Å². The van der Waals surface area contributed by atoms with Gasteiger partial charge in [-0.05, 0) is 50.2 Å². The third-order valence-corrected chi connectivity index (χ3v) is 4.09. The number of halogens is 1. The van der Waals surface area contributed by atoms with Crippen LogP contribution < -0.4 is 10.1 Å². The molecule has 4 nitrogen and oxygen atoms in total. The van der Waals surface area contributed by atoms with Crippen LogP contribution in [0, 0.1) is 17.1 Å². The maximum Gasteiger partial charge on any atom is 0.141 e. The van der Waals surface area contributed by atoms with Crippen molar-refractivity contribution in [2.24, 2.45) is 0 Å².